The van der Waals surface area contributed by atoms with E-state index >= 15 is 0 Å². The minimum Gasteiger partial charge on any atom is -0.493 e. The molecule has 0 radical (unpaired) electrons. The van der Waals surface area contributed by atoms with Crippen LogP contribution in [0.1, 0.15) is 10.4 Å². The Balaban J connectivity index is 1.58. The Bertz CT molecular complexity index is 1030. The molecule has 1 aliphatic rings. The van der Waals surface area contributed by atoms with Crippen molar-refractivity contribution in [2.75, 3.05) is 53.7 Å². The van der Waals surface area contributed by atoms with Crippen LogP contribution < -0.4 is 19.5 Å². The van der Waals surface area contributed by atoms with Crippen molar-refractivity contribution in [3.8, 4) is 17.2 Å². The SMILES string of the molecule is COc1cccc(OC)c1OCC(O)CNC(=O)c1cccc(S(=O)(=O)N2CCOCC2)c1. The first-order valence-corrected chi connectivity index (χ1v) is 11.8. The zero-order valence-electron chi connectivity index (χ0n) is 18.5. The van der Waals surface area contributed by atoms with Crippen LogP contribution in [0.3, 0.4) is 0 Å². The van der Waals surface area contributed by atoms with Crippen LogP contribution in [0.5, 0.6) is 17.2 Å². The number of aliphatic hydroxyl groups excluding tert-OH is 1. The van der Waals surface area contributed by atoms with E-state index < -0.39 is 22.0 Å². The van der Waals surface area contributed by atoms with Crippen LogP contribution in [0.25, 0.3) is 0 Å². The van der Waals surface area contributed by atoms with Gasteiger partial charge in [0, 0.05) is 25.2 Å². The van der Waals surface area contributed by atoms with E-state index in [0.717, 1.165) is 0 Å². The second-order valence-electron chi connectivity index (χ2n) is 7.21. The molecule has 2 aromatic rings. The zero-order chi connectivity index (χ0) is 23.8. The molecule has 1 heterocycles. The lowest BCUT2D eigenvalue weighted by atomic mass is 10.2. The van der Waals surface area contributed by atoms with Crippen LogP contribution in [0, 0.1) is 0 Å². The molecule has 10 nitrogen and oxygen atoms in total. The van der Waals surface area contributed by atoms with Gasteiger partial charge in [-0.1, -0.05) is 12.1 Å². The minimum absolute atomic E-state index is 0.0317. The van der Waals surface area contributed by atoms with Crippen LogP contribution in [-0.2, 0) is 14.8 Å². The molecular formula is C22H28N2O8S. The van der Waals surface area contributed by atoms with Crippen molar-refractivity contribution in [3.63, 3.8) is 0 Å². The van der Waals surface area contributed by atoms with Crippen LogP contribution in [-0.4, -0.2) is 83.5 Å². The average Bonchev–Trinajstić information content (AvgIpc) is 2.86. The van der Waals surface area contributed by atoms with E-state index in [1.807, 2.05) is 0 Å². The maximum atomic E-state index is 12.8. The highest BCUT2D eigenvalue weighted by molar-refractivity contribution is 7.89. The van der Waals surface area contributed by atoms with Gasteiger partial charge < -0.3 is 29.4 Å². The Kier molecular flexibility index (Phi) is 8.50. The number of aliphatic hydroxyl groups is 1. The fourth-order valence-electron chi connectivity index (χ4n) is 3.24. The molecule has 0 bridgehead atoms. The van der Waals surface area contributed by atoms with Gasteiger partial charge in [0.2, 0.25) is 15.8 Å². The molecule has 1 saturated heterocycles. The lowest BCUT2D eigenvalue weighted by Crippen LogP contribution is -2.40. The van der Waals surface area contributed by atoms with E-state index in [1.165, 1.54) is 42.8 Å². The summed E-state index contributed by atoms with van der Waals surface area (Å²) >= 11 is 0. The second-order valence-corrected chi connectivity index (χ2v) is 9.15. The number of morpholine rings is 1. The highest BCUT2D eigenvalue weighted by Crippen LogP contribution is 2.36. The summed E-state index contributed by atoms with van der Waals surface area (Å²) in [5, 5.41) is 12.8. The summed E-state index contributed by atoms with van der Waals surface area (Å²) in [6.07, 6.45) is -1.02. The van der Waals surface area contributed by atoms with Crippen molar-refractivity contribution in [2.45, 2.75) is 11.0 Å². The number of nitrogens with zero attached hydrogens (tertiary/aromatic N) is 1. The lowest BCUT2D eigenvalue weighted by Gasteiger charge is -2.26. The van der Waals surface area contributed by atoms with E-state index in [-0.39, 0.29) is 36.7 Å². The van der Waals surface area contributed by atoms with Crippen LogP contribution in [0.2, 0.25) is 0 Å². The van der Waals surface area contributed by atoms with E-state index in [0.29, 0.717) is 30.5 Å². The third-order valence-corrected chi connectivity index (χ3v) is 6.90. The molecule has 1 unspecified atom stereocenters. The zero-order valence-corrected chi connectivity index (χ0v) is 19.3. The van der Waals surface area contributed by atoms with Gasteiger partial charge in [-0.15, -0.1) is 0 Å². The molecule has 180 valence electrons. The standard InChI is InChI=1S/C22H28N2O8S/c1-29-19-7-4-8-20(30-2)21(19)32-15-17(25)14-23-22(26)16-5-3-6-18(13-16)33(27,28)24-9-11-31-12-10-24/h3-8,13,17,25H,9-12,14-15H2,1-2H3,(H,23,26). The van der Waals surface area contributed by atoms with Gasteiger partial charge in [-0.2, -0.15) is 4.31 Å². The number of amides is 1. The molecule has 1 aliphatic heterocycles. The lowest BCUT2D eigenvalue weighted by molar-refractivity contribution is 0.0730. The number of carbonyl (C=O) groups excluding carboxylic acids is 1. The average molecular weight is 481 g/mol. The molecule has 1 fully saturated rings. The molecular weight excluding hydrogens is 452 g/mol. The fourth-order valence-corrected chi connectivity index (χ4v) is 4.70. The largest absolute Gasteiger partial charge is 0.493 e. The predicted molar refractivity (Wildman–Crippen MR) is 119 cm³/mol. The number of nitrogens with one attached hydrogen (secondary N) is 1. The predicted octanol–water partition coefficient (Wildman–Crippen LogP) is 0.894. The van der Waals surface area contributed by atoms with Gasteiger partial charge in [-0.05, 0) is 30.3 Å². The molecule has 0 aliphatic carbocycles. The maximum Gasteiger partial charge on any atom is 0.251 e. The highest BCUT2D eigenvalue weighted by atomic mass is 32.2. The first-order chi connectivity index (χ1) is 15.9. The summed E-state index contributed by atoms with van der Waals surface area (Å²) in [7, 11) is -0.738. The Morgan fingerprint density at radius 2 is 1.76 bits per heavy atom. The molecule has 1 atom stereocenters. The number of methoxy groups -OCH3 is 2. The third-order valence-electron chi connectivity index (χ3n) is 5.00. The van der Waals surface area contributed by atoms with Crippen LogP contribution in [0.4, 0.5) is 0 Å². The maximum absolute atomic E-state index is 12.8. The number of benzene rings is 2. The number of hydrogen-bond acceptors (Lipinski definition) is 8. The number of rotatable bonds is 10. The number of carbonyl (C=O) groups is 1. The second kappa shape index (κ2) is 11.3. The van der Waals surface area contributed by atoms with Gasteiger partial charge in [0.05, 0.1) is 32.3 Å². The van der Waals surface area contributed by atoms with Crippen LogP contribution in [0.15, 0.2) is 47.4 Å². The number of sulfonamides is 1. The van der Waals surface area contributed by atoms with E-state index in [4.69, 9.17) is 18.9 Å². The normalized spacial score (nSPS) is 15.5. The fraction of sp³-hybridized carbons (Fsp3) is 0.409. The molecule has 2 N–H and O–H groups in total. The molecule has 1 amide bonds. The van der Waals surface area contributed by atoms with E-state index in [9.17, 15) is 18.3 Å². The van der Waals surface area contributed by atoms with Gasteiger partial charge in [0.25, 0.3) is 5.91 Å². The molecule has 0 spiro atoms. The minimum atomic E-state index is -3.72. The number of para-hydroxylation sites is 1. The number of hydrogen-bond donors (Lipinski definition) is 2. The molecule has 3 rings (SSSR count). The highest BCUT2D eigenvalue weighted by Gasteiger charge is 2.27. The first-order valence-electron chi connectivity index (χ1n) is 10.3. The Hall–Kier alpha value is -2.86. The molecule has 0 aromatic heterocycles. The molecule has 0 saturated carbocycles. The summed E-state index contributed by atoms with van der Waals surface area (Å²) in [6.45, 7) is 0.975. The monoisotopic (exact) mass is 480 g/mol. The van der Waals surface area contributed by atoms with Crippen molar-refractivity contribution in [1.82, 2.24) is 9.62 Å². The Morgan fingerprint density at radius 1 is 1.12 bits per heavy atom. The molecule has 2 aromatic carbocycles. The van der Waals surface area contributed by atoms with Crippen molar-refractivity contribution < 1.29 is 37.3 Å². The van der Waals surface area contributed by atoms with Gasteiger partial charge in [-0.25, -0.2) is 8.42 Å². The van der Waals surface area contributed by atoms with Gasteiger partial charge in [-0.3, -0.25) is 4.79 Å². The third kappa shape index (κ3) is 6.14. The van der Waals surface area contributed by atoms with Gasteiger partial charge in [0.1, 0.15) is 12.7 Å². The summed E-state index contributed by atoms with van der Waals surface area (Å²) in [4.78, 5) is 12.6. The van der Waals surface area contributed by atoms with Gasteiger partial charge in [0.15, 0.2) is 11.5 Å². The van der Waals surface area contributed by atoms with Crippen molar-refractivity contribution >= 4 is 15.9 Å². The quantitative estimate of drug-likeness (QED) is 0.514. The topological polar surface area (TPSA) is 124 Å². The van der Waals surface area contributed by atoms with Crippen molar-refractivity contribution in [3.05, 3.63) is 48.0 Å². The van der Waals surface area contributed by atoms with Crippen molar-refractivity contribution in [2.24, 2.45) is 0 Å². The van der Waals surface area contributed by atoms with E-state index in [1.54, 1.807) is 18.2 Å². The Morgan fingerprint density at radius 3 is 2.39 bits per heavy atom. The van der Waals surface area contributed by atoms with Gasteiger partial charge >= 0.3 is 0 Å². The van der Waals surface area contributed by atoms with Crippen LogP contribution >= 0.6 is 0 Å². The van der Waals surface area contributed by atoms with E-state index in [2.05, 4.69) is 5.32 Å². The first kappa shape index (κ1) is 24.8. The summed E-state index contributed by atoms with van der Waals surface area (Å²) in [5.41, 5.74) is 0.170. The summed E-state index contributed by atoms with van der Waals surface area (Å²) < 4.78 is 48.3. The number of ether oxygens (including phenoxy) is 4. The summed E-state index contributed by atoms with van der Waals surface area (Å²) in [5.74, 6) is 0.726. The molecule has 11 heteroatoms. The Labute approximate surface area is 193 Å². The van der Waals surface area contributed by atoms with Crippen molar-refractivity contribution in [1.29, 1.82) is 0 Å². The smallest absolute Gasteiger partial charge is 0.251 e. The summed E-state index contributed by atoms with van der Waals surface area (Å²) in [6, 6.07) is 10.9. The molecule has 33 heavy (non-hydrogen) atoms.